The van der Waals surface area contributed by atoms with E-state index in [0.717, 1.165) is 123 Å². The summed E-state index contributed by atoms with van der Waals surface area (Å²) >= 11 is 0. The molecule has 0 radical (unpaired) electrons. The van der Waals surface area contributed by atoms with Crippen molar-refractivity contribution in [2.45, 2.75) is 98.7 Å². The third-order valence-corrected chi connectivity index (χ3v) is 18.3. The van der Waals surface area contributed by atoms with Crippen molar-refractivity contribution in [2.24, 2.45) is 22.7 Å². The van der Waals surface area contributed by atoms with Gasteiger partial charge >= 0.3 is 0 Å². The third kappa shape index (κ3) is 9.49. The van der Waals surface area contributed by atoms with Crippen LogP contribution in [0.5, 0.6) is 46.0 Å². The monoisotopic (exact) mass is 1020 g/mol. The fourth-order valence-corrected chi connectivity index (χ4v) is 17.1. The van der Waals surface area contributed by atoms with Gasteiger partial charge in [0.15, 0.2) is 0 Å². The van der Waals surface area contributed by atoms with Crippen molar-refractivity contribution in [3.05, 3.63) is 196 Å². The van der Waals surface area contributed by atoms with E-state index in [4.69, 9.17) is 37.9 Å². The number of rotatable bonds is 29. The molecule has 0 N–H and O–H groups in total. The Labute approximate surface area is 452 Å². The average Bonchev–Trinajstić information content (AvgIpc) is 3.61. The van der Waals surface area contributed by atoms with E-state index in [1.54, 1.807) is 24.3 Å². The van der Waals surface area contributed by atoms with Crippen LogP contribution in [-0.2, 0) is 21.7 Å². The standard InChI is InChI=1S/C68H78O8/c1-9-25-69-51-17-21-55(59(33-51)73-29-13-5)63-37-49-38-64(43-63,56-22-18-52(70-26-10-2)34-60(56)74-30-14-6)46-67(41-49,45-63)68-42-50-39-65(47-68,57-23-19-53(71-27-11-3)35-61(57)75-31-15-7)44-66(40-50,48-68)58-24-20-54(72-28-12-4)36-62(58)76-32-16-8/h9-24,33-36,49-50H,1-8,25-32,37-48H2. The van der Waals surface area contributed by atoms with E-state index in [9.17, 15) is 0 Å². The molecular formula is C68H78O8. The average molecular weight is 1020 g/mol. The topological polar surface area (TPSA) is 73.8 Å². The quantitative estimate of drug-likeness (QED) is 0.0498. The molecule has 0 saturated heterocycles. The predicted molar refractivity (Wildman–Crippen MR) is 305 cm³/mol. The first-order valence-electron chi connectivity index (χ1n) is 27.5. The second kappa shape index (κ2) is 21.7. The molecule has 0 aliphatic heterocycles. The highest BCUT2D eigenvalue weighted by Gasteiger charge is 2.75. The van der Waals surface area contributed by atoms with Crippen molar-refractivity contribution in [3.63, 3.8) is 0 Å². The highest BCUT2D eigenvalue weighted by molar-refractivity contribution is 5.56. The first kappa shape index (κ1) is 52.6. The Morgan fingerprint density at radius 1 is 0.303 bits per heavy atom. The van der Waals surface area contributed by atoms with Gasteiger partial charge in [-0.3, -0.25) is 0 Å². The van der Waals surface area contributed by atoms with Crippen LogP contribution in [0.1, 0.15) is 99.3 Å². The summed E-state index contributed by atoms with van der Waals surface area (Å²) in [6.45, 7) is 35.3. The van der Waals surface area contributed by atoms with Crippen molar-refractivity contribution < 1.29 is 37.9 Å². The SMILES string of the molecule is C=CCOc1ccc(C23CC4CC(c5ccc(OCC=C)cc5OCC=C)(C2)CC(C25CC6CC(c7ccc(OCC=C)cc7OCC=C)(CC(c7ccc(OCC=C)cc7OCC=C)(C6)C2)C5)(C4)C3)c(OCC=C)c1. The van der Waals surface area contributed by atoms with Crippen LogP contribution in [0.25, 0.3) is 0 Å². The van der Waals surface area contributed by atoms with E-state index >= 15 is 0 Å². The van der Waals surface area contributed by atoms with Crippen LogP contribution in [0.4, 0.5) is 0 Å². The van der Waals surface area contributed by atoms with Crippen molar-refractivity contribution in [3.8, 4) is 46.0 Å². The molecule has 12 rings (SSSR count). The van der Waals surface area contributed by atoms with E-state index < -0.39 is 0 Å². The molecule has 0 amide bonds. The molecule has 4 aromatic rings. The molecule has 8 aliphatic rings. The zero-order valence-electron chi connectivity index (χ0n) is 44.8. The zero-order valence-corrected chi connectivity index (χ0v) is 44.8. The van der Waals surface area contributed by atoms with E-state index in [2.05, 4.69) is 125 Å². The summed E-state index contributed by atoms with van der Waals surface area (Å²) in [5, 5.41) is 0. The number of hydrogen-bond acceptors (Lipinski definition) is 8. The molecule has 0 spiro atoms. The van der Waals surface area contributed by atoms with Gasteiger partial charge in [-0.15, -0.1) is 0 Å². The summed E-state index contributed by atoms with van der Waals surface area (Å²) in [4.78, 5) is 0. The molecule has 0 heterocycles. The van der Waals surface area contributed by atoms with Gasteiger partial charge < -0.3 is 37.9 Å². The lowest BCUT2D eigenvalue weighted by Gasteiger charge is -2.77. The van der Waals surface area contributed by atoms with Crippen LogP contribution in [-0.4, -0.2) is 52.9 Å². The lowest BCUT2D eigenvalue weighted by Crippen LogP contribution is -2.70. The smallest absolute Gasteiger partial charge is 0.127 e. The Balaban J connectivity index is 1.21. The second-order valence-electron chi connectivity index (χ2n) is 23.1. The molecule has 4 unspecified atom stereocenters. The molecule has 8 nitrogen and oxygen atoms in total. The third-order valence-electron chi connectivity index (χ3n) is 18.3. The Bertz CT molecular complexity index is 2500. The summed E-state index contributed by atoms with van der Waals surface area (Å²) in [5.74, 6) is 7.41. The largest absolute Gasteiger partial charge is 0.489 e. The van der Waals surface area contributed by atoms with Gasteiger partial charge in [0.25, 0.3) is 0 Å². The maximum absolute atomic E-state index is 6.80. The van der Waals surface area contributed by atoms with Crippen molar-refractivity contribution in [2.75, 3.05) is 52.9 Å². The predicted octanol–water partition coefficient (Wildman–Crippen LogP) is 15.2. The van der Waals surface area contributed by atoms with Crippen LogP contribution >= 0.6 is 0 Å². The molecule has 4 aromatic carbocycles. The summed E-state index contributed by atoms with van der Waals surface area (Å²) < 4.78 is 52.1. The summed E-state index contributed by atoms with van der Waals surface area (Å²) in [7, 11) is 0. The van der Waals surface area contributed by atoms with Gasteiger partial charge in [-0.2, -0.15) is 0 Å². The van der Waals surface area contributed by atoms with Gasteiger partial charge in [0.1, 0.15) is 98.9 Å². The van der Waals surface area contributed by atoms with E-state index in [1.165, 1.54) is 22.3 Å². The van der Waals surface area contributed by atoms with Gasteiger partial charge in [0, 0.05) is 68.2 Å². The van der Waals surface area contributed by atoms with Crippen LogP contribution in [0.3, 0.4) is 0 Å². The van der Waals surface area contributed by atoms with Gasteiger partial charge in [-0.05, 0) is 124 Å². The van der Waals surface area contributed by atoms with Crippen molar-refractivity contribution >= 4 is 0 Å². The number of benzene rings is 4. The fourth-order valence-electron chi connectivity index (χ4n) is 17.1. The summed E-state index contributed by atoms with van der Waals surface area (Å²) in [5.41, 5.74) is 3.88. The molecule has 4 atom stereocenters. The fraction of sp³-hybridized carbons (Fsp3) is 0.412. The molecule has 8 heteroatoms. The minimum Gasteiger partial charge on any atom is -0.489 e. The highest BCUT2D eigenvalue weighted by atomic mass is 16.5. The van der Waals surface area contributed by atoms with E-state index in [-0.39, 0.29) is 32.5 Å². The van der Waals surface area contributed by atoms with Gasteiger partial charge in [-0.25, -0.2) is 0 Å². The first-order valence-corrected chi connectivity index (χ1v) is 27.5. The van der Waals surface area contributed by atoms with Gasteiger partial charge in [-0.1, -0.05) is 126 Å². The van der Waals surface area contributed by atoms with Crippen LogP contribution in [0.2, 0.25) is 0 Å². The lowest BCUT2D eigenvalue weighted by molar-refractivity contribution is -0.225. The molecule has 8 saturated carbocycles. The molecule has 8 fully saturated rings. The lowest BCUT2D eigenvalue weighted by atomic mass is 9.26. The van der Waals surface area contributed by atoms with E-state index in [0.29, 0.717) is 64.7 Å². The highest BCUT2D eigenvalue weighted by Crippen LogP contribution is 2.83. The minimum atomic E-state index is -0.241. The second-order valence-corrected chi connectivity index (χ2v) is 23.1. The van der Waals surface area contributed by atoms with Gasteiger partial charge in [0.2, 0.25) is 0 Å². The summed E-state index contributed by atoms with van der Waals surface area (Å²) in [6.07, 6.45) is 27.2. The van der Waals surface area contributed by atoms with Gasteiger partial charge in [0.05, 0.1) is 0 Å². The molecular weight excluding hydrogens is 945 g/mol. The molecule has 8 aliphatic carbocycles. The Morgan fingerprint density at radius 2 is 0.526 bits per heavy atom. The summed E-state index contributed by atoms with van der Waals surface area (Å²) in [6, 6.07) is 26.4. The maximum Gasteiger partial charge on any atom is 0.127 e. The zero-order chi connectivity index (χ0) is 53.0. The van der Waals surface area contributed by atoms with Crippen LogP contribution in [0.15, 0.2) is 174 Å². The molecule has 0 aromatic heterocycles. The number of ether oxygens (including phenoxy) is 8. The van der Waals surface area contributed by atoms with Crippen LogP contribution < -0.4 is 37.9 Å². The van der Waals surface area contributed by atoms with Crippen molar-refractivity contribution in [1.82, 2.24) is 0 Å². The molecule has 398 valence electrons. The Morgan fingerprint density at radius 3 is 0.750 bits per heavy atom. The Hall–Kier alpha value is -6.80. The maximum atomic E-state index is 6.80. The first-order chi connectivity index (χ1) is 37.0. The molecule has 8 bridgehead atoms. The normalized spacial score (nSPS) is 29.1. The van der Waals surface area contributed by atoms with E-state index in [1.807, 2.05) is 24.3 Å². The van der Waals surface area contributed by atoms with Crippen LogP contribution in [0, 0.1) is 22.7 Å². The minimum absolute atomic E-state index is 0.103. The number of hydrogen-bond donors (Lipinski definition) is 0. The van der Waals surface area contributed by atoms with Crippen molar-refractivity contribution in [1.29, 1.82) is 0 Å². The molecule has 76 heavy (non-hydrogen) atoms. The Kier molecular flexibility index (Phi) is 15.0.